The van der Waals surface area contributed by atoms with Crippen molar-refractivity contribution in [1.82, 2.24) is 15.5 Å². The lowest BCUT2D eigenvalue weighted by Gasteiger charge is -2.20. The van der Waals surface area contributed by atoms with Gasteiger partial charge in [-0.25, -0.2) is 9.59 Å². The number of amides is 3. The molecule has 0 aliphatic heterocycles. The van der Waals surface area contributed by atoms with E-state index in [1.54, 1.807) is 27.8 Å². The molecule has 1 rings (SSSR count). The first kappa shape index (κ1) is 28.9. The van der Waals surface area contributed by atoms with Crippen molar-refractivity contribution in [3.63, 3.8) is 0 Å². The maximum atomic E-state index is 12.6. The first-order valence-electron chi connectivity index (χ1n) is 11.7. The Morgan fingerprint density at radius 2 is 1.71 bits per heavy atom. The highest BCUT2D eigenvalue weighted by atomic mass is 16.6. The van der Waals surface area contributed by atoms with Crippen LogP contribution in [0.2, 0.25) is 0 Å². The van der Waals surface area contributed by atoms with E-state index >= 15 is 0 Å². The average molecular weight is 478 g/mol. The third-order valence-corrected chi connectivity index (χ3v) is 4.79. The Labute approximate surface area is 202 Å². The van der Waals surface area contributed by atoms with E-state index in [0.717, 1.165) is 5.56 Å². The quantitative estimate of drug-likeness (QED) is 0.418. The van der Waals surface area contributed by atoms with Crippen LogP contribution in [-0.4, -0.2) is 60.6 Å². The van der Waals surface area contributed by atoms with E-state index in [1.807, 2.05) is 30.3 Å². The SMILES string of the molecule is CC(=O)N[C@@H](CCCCNC(=O)OC(C)(C)C)C(=O)CCCN(C)C(=O)OCc1ccccc1. The number of benzene rings is 1. The molecule has 1 aromatic rings. The van der Waals surface area contributed by atoms with E-state index in [1.165, 1.54) is 11.8 Å². The van der Waals surface area contributed by atoms with E-state index in [4.69, 9.17) is 9.47 Å². The van der Waals surface area contributed by atoms with Gasteiger partial charge in [0.05, 0.1) is 6.04 Å². The van der Waals surface area contributed by atoms with Gasteiger partial charge < -0.3 is 25.0 Å². The molecule has 3 amide bonds. The summed E-state index contributed by atoms with van der Waals surface area (Å²) >= 11 is 0. The summed E-state index contributed by atoms with van der Waals surface area (Å²) < 4.78 is 10.4. The maximum absolute atomic E-state index is 12.6. The summed E-state index contributed by atoms with van der Waals surface area (Å²) in [6.07, 6.45) is 1.55. The van der Waals surface area contributed by atoms with Crippen LogP contribution in [0.15, 0.2) is 30.3 Å². The number of Topliss-reactive ketones (excluding diaryl/α,β-unsaturated/α-hetero) is 1. The van der Waals surface area contributed by atoms with Gasteiger partial charge >= 0.3 is 12.2 Å². The standard InChI is InChI=1S/C25H39N3O6/c1-19(29)27-21(14-9-10-16-26-23(31)34-25(2,3)4)22(30)15-11-17-28(5)24(32)33-18-20-12-7-6-8-13-20/h6-8,12-13,21H,9-11,14-18H2,1-5H3,(H,26,31)(H,27,29)/t21-/m0/s1. The van der Waals surface area contributed by atoms with Gasteiger partial charge in [-0.1, -0.05) is 30.3 Å². The number of hydrogen-bond acceptors (Lipinski definition) is 6. The highest BCUT2D eigenvalue weighted by molar-refractivity contribution is 5.88. The summed E-state index contributed by atoms with van der Waals surface area (Å²) in [6.45, 7) is 7.74. The number of unbranched alkanes of at least 4 members (excludes halogenated alkanes) is 1. The van der Waals surface area contributed by atoms with Gasteiger partial charge in [0.2, 0.25) is 5.91 Å². The zero-order valence-corrected chi connectivity index (χ0v) is 21.0. The van der Waals surface area contributed by atoms with Crippen LogP contribution >= 0.6 is 0 Å². The van der Waals surface area contributed by atoms with Crippen LogP contribution in [0.1, 0.15) is 65.4 Å². The second kappa shape index (κ2) is 14.9. The molecule has 1 aromatic carbocycles. The van der Waals surface area contributed by atoms with Gasteiger partial charge in [0.25, 0.3) is 0 Å². The molecule has 0 spiro atoms. The molecular formula is C25H39N3O6. The van der Waals surface area contributed by atoms with Crippen molar-refractivity contribution < 1.29 is 28.7 Å². The second-order valence-corrected chi connectivity index (χ2v) is 9.21. The van der Waals surface area contributed by atoms with Crippen LogP contribution in [0.5, 0.6) is 0 Å². The summed E-state index contributed by atoms with van der Waals surface area (Å²) in [5.74, 6) is -0.354. The van der Waals surface area contributed by atoms with Crippen molar-refractivity contribution in [3.05, 3.63) is 35.9 Å². The summed E-state index contributed by atoms with van der Waals surface area (Å²) in [5, 5.41) is 5.38. The molecule has 0 aromatic heterocycles. The number of rotatable bonds is 13. The zero-order valence-electron chi connectivity index (χ0n) is 21.0. The monoisotopic (exact) mass is 477 g/mol. The molecular weight excluding hydrogens is 438 g/mol. The van der Waals surface area contributed by atoms with Crippen LogP contribution in [0, 0.1) is 0 Å². The number of nitrogens with zero attached hydrogens (tertiary/aromatic N) is 1. The van der Waals surface area contributed by atoms with Gasteiger partial charge in [-0.2, -0.15) is 0 Å². The molecule has 0 unspecified atom stereocenters. The molecule has 0 heterocycles. The molecule has 0 saturated heterocycles. The molecule has 0 fully saturated rings. The number of ether oxygens (including phenoxy) is 2. The van der Waals surface area contributed by atoms with Crippen LogP contribution in [0.3, 0.4) is 0 Å². The van der Waals surface area contributed by atoms with Crippen molar-refractivity contribution >= 4 is 23.9 Å². The first-order chi connectivity index (χ1) is 16.0. The number of nitrogens with one attached hydrogen (secondary N) is 2. The molecule has 0 radical (unpaired) electrons. The lowest BCUT2D eigenvalue weighted by atomic mass is 10.0. The minimum Gasteiger partial charge on any atom is -0.445 e. The Hall–Kier alpha value is -3.10. The number of hydrogen-bond donors (Lipinski definition) is 2. The molecule has 1 atom stereocenters. The molecule has 190 valence electrons. The molecule has 0 saturated carbocycles. The van der Waals surface area contributed by atoms with Gasteiger partial charge in [-0.05, 0) is 52.0 Å². The molecule has 9 heteroatoms. The van der Waals surface area contributed by atoms with E-state index in [9.17, 15) is 19.2 Å². The largest absolute Gasteiger partial charge is 0.445 e. The average Bonchev–Trinajstić information content (AvgIpc) is 2.75. The molecule has 0 aliphatic rings. The molecule has 9 nitrogen and oxygen atoms in total. The topological polar surface area (TPSA) is 114 Å². The fraction of sp³-hybridized carbons (Fsp3) is 0.600. The highest BCUT2D eigenvalue weighted by Gasteiger charge is 2.20. The van der Waals surface area contributed by atoms with Gasteiger partial charge in [0.1, 0.15) is 12.2 Å². The van der Waals surface area contributed by atoms with Gasteiger partial charge in [0.15, 0.2) is 5.78 Å². The van der Waals surface area contributed by atoms with E-state index in [2.05, 4.69) is 10.6 Å². The summed E-state index contributed by atoms with van der Waals surface area (Å²) in [7, 11) is 1.63. The molecule has 2 N–H and O–H groups in total. The number of carbonyl (C=O) groups is 4. The minimum atomic E-state index is -0.589. The normalized spacial score (nSPS) is 11.8. The second-order valence-electron chi connectivity index (χ2n) is 9.21. The number of carbonyl (C=O) groups excluding carboxylic acids is 4. The van der Waals surface area contributed by atoms with Crippen molar-refractivity contribution in [1.29, 1.82) is 0 Å². The predicted octanol–water partition coefficient (Wildman–Crippen LogP) is 3.80. The van der Waals surface area contributed by atoms with Crippen molar-refractivity contribution in [2.75, 3.05) is 20.1 Å². The van der Waals surface area contributed by atoms with Gasteiger partial charge in [-0.3, -0.25) is 9.59 Å². The van der Waals surface area contributed by atoms with Crippen LogP contribution in [0.4, 0.5) is 9.59 Å². The van der Waals surface area contributed by atoms with Gasteiger partial charge in [-0.15, -0.1) is 0 Å². The lowest BCUT2D eigenvalue weighted by molar-refractivity contribution is -0.127. The Morgan fingerprint density at radius 1 is 1.03 bits per heavy atom. The van der Waals surface area contributed by atoms with Crippen LogP contribution < -0.4 is 10.6 Å². The smallest absolute Gasteiger partial charge is 0.409 e. The van der Waals surface area contributed by atoms with Crippen molar-refractivity contribution in [2.24, 2.45) is 0 Å². The third-order valence-electron chi connectivity index (χ3n) is 4.79. The molecule has 0 aliphatic carbocycles. The number of ketones is 1. The summed E-state index contributed by atoms with van der Waals surface area (Å²) in [6, 6.07) is 8.81. The molecule has 0 bridgehead atoms. The fourth-order valence-electron chi connectivity index (χ4n) is 3.12. The predicted molar refractivity (Wildman–Crippen MR) is 129 cm³/mol. The van der Waals surface area contributed by atoms with E-state index in [-0.39, 0.29) is 24.7 Å². The summed E-state index contributed by atoms with van der Waals surface area (Å²) in [5.41, 5.74) is 0.346. The lowest BCUT2D eigenvalue weighted by Crippen LogP contribution is -2.40. The summed E-state index contributed by atoms with van der Waals surface area (Å²) in [4.78, 5) is 49.4. The maximum Gasteiger partial charge on any atom is 0.409 e. The zero-order chi connectivity index (χ0) is 25.6. The third kappa shape index (κ3) is 13.4. The van der Waals surface area contributed by atoms with E-state index < -0.39 is 23.8 Å². The van der Waals surface area contributed by atoms with Gasteiger partial charge in [0, 0.05) is 33.5 Å². The molecule has 34 heavy (non-hydrogen) atoms. The Morgan fingerprint density at radius 3 is 2.32 bits per heavy atom. The van der Waals surface area contributed by atoms with Crippen LogP contribution in [-0.2, 0) is 25.7 Å². The van der Waals surface area contributed by atoms with E-state index in [0.29, 0.717) is 38.8 Å². The van der Waals surface area contributed by atoms with Crippen molar-refractivity contribution in [2.45, 2.75) is 78.0 Å². The fourth-order valence-corrected chi connectivity index (χ4v) is 3.12. The highest BCUT2D eigenvalue weighted by Crippen LogP contribution is 2.09. The number of alkyl carbamates (subject to hydrolysis) is 1. The minimum absolute atomic E-state index is 0.0821. The Bertz CT molecular complexity index is 792. The van der Waals surface area contributed by atoms with Crippen LogP contribution in [0.25, 0.3) is 0 Å². The Balaban J connectivity index is 2.33. The Kier molecular flexibility index (Phi) is 12.7. The van der Waals surface area contributed by atoms with Crippen molar-refractivity contribution in [3.8, 4) is 0 Å². The first-order valence-corrected chi connectivity index (χ1v) is 11.7.